The first-order valence-corrected chi connectivity index (χ1v) is 6.46. The summed E-state index contributed by atoms with van der Waals surface area (Å²) < 4.78 is 0. The molecule has 4 heteroatoms. The van der Waals surface area contributed by atoms with E-state index in [1.165, 1.54) is 0 Å². The fourth-order valence-corrected chi connectivity index (χ4v) is 2.65. The number of hydrogen-bond donors (Lipinski definition) is 2. The molecule has 18 heavy (non-hydrogen) atoms. The van der Waals surface area contributed by atoms with Crippen LogP contribution in [0.3, 0.4) is 0 Å². The van der Waals surface area contributed by atoms with Crippen molar-refractivity contribution in [2.24, 2.45) is 5.92 Å². The maximum absolute atomic E-state index is 9.31. The predicted octanol–water partition coefficient (Wildman–Crippen LogP) is 2.20. The van der Waals surface area contributed by atoms with Gasteiger partial charge in [0.25, 0.3) is 0 Å². The Balaban J connectivity index is 1.82. The Hall–Kier alpha value is -1.68. The lowest BCUT2D eigenvalue weighted by Crippen LogP contribution is -2.27. The third-order valence-corrected chi connectivity index (χ3v) is 3.70. The highest BCUT2D eigenvalue weighted by atomic mass is 16.3. The maximum Gasteiger partial charge on any atom is 0.223 e. The van der Waals surface area contributed by atoms with Crippen LogP contribution < -0.4 is 5.32 Å². The van der Waals surface area contributed by atoms with Gasteiger partial charge in [-0.1, -0.05) is 24.6 Å². The minimum Gasteiger partial charge on any atom is -0.396 e. The number of aromatic nitrogens is 2. The molecule has 2 N–H and O–H groups in total. The number of nitrogens with zero attached hydrogens (tertiary/aromatic N) is 2. The van der Waals surface area contributed by atoms with Gasteiger partial charge in [0.05, 0.1) is 5.52 Å². The lowest BCUT2D eigenvalue weighted by Gasteiger charge is -2.18. The monoisotopic (exact) mass is 243 g/mol. The molecule has 2 unspecified atom stereocenters. The van der Waals surface area contributed by atoms with Crippen LogP contribution >= 0.6 is 0 Å². The summed E-state index contributed by atoms with van der Waals surface area (Å²) in [6.45, 7) is 0.241. The van der Waals surface area contributed by atoms with Gasteiger partial charge in [-0.15, -0.1) is 0 Å². The summed E-state index contributed by atoms with van der Waals surface area (Å²) in [6.07, 6.45) is 5.17. The highest BCUT2D eigenvalue weighted by Gasteiger charge is 2.26. The van der Waals surface area contributed by atoms with Gasteiger partial charge in [0.15, 0.2) is 0 Å². The normalized spacial score (nSPS) is 23.4. The van der Waals surface area contributed by atoms with E-state index in [0.717, 1.165) is 30.2 Å². The molecule has 0 radical (unpaired) electrons. The molecule has 0 bridgehead atoms. The third-order valence-electron chi connectivity index (χ3n) is 3.70. The van der Waals surface area contributed by atoms with Gasteiger partial charge in [-0.25, -0.2) is 9.97 Å². The number of aliphatic hydroxyl groups excluding tert-OH is 1. The zero-order chi connectivity index (χ0) is 12.4. The lowest BCUT2D eigenvalue weighted by molar-refractivity contribution is 0.222. The highest BCUT2D eigenvalue weighted by Crippen LogP contribution is 2.27. The quantitative estimate of drug-likeness (QED) is 0.867. The second kappa shape index (κ2) is 4.90. The van der Waals surface area contributed by atoms with E-state index in [0.29, 0.717) is 17.9 Å². The van der Waals surface area contributed by atoms with Gasteiger partial charge < -0.3 is 10.4 Å². The summed E-state index contributed by atoms with van der Waals surface area (Å²) in [5, 5.41) is 13.7. The highest BCUT2D eigenvalue weighted by molar-refractivity contribution is 5.78. The number of aliphatic hydroxyl groups is 1. The zero-order valence-corrected chi connectivity index (χ0v) is 10.2. The molecule has 1 saturated carbocycles. The van der Waals surface area contributed by atoms with Gasteiger partial charge in [-0.3, -0.25) is 0 Å². The number of anilines is 1. The van der Waals surface area contributed by atoms with E-state index in [4.69, 9.17) is 0 Å². The first kappa shape index (κ1) is 11.4. The summed E-state index contributed by atoms with van der Waals surface area (Å²) in [6, 6.07) is 8.25. The number of para-hydroxylation sites is 1. The zero-order valence-electron chi connectivity index (χ0n) is 10.2. The van der Waals surface area contributed by atoms with Crippen molar-refractivity contribution in [3.05, 3.63) is 30.5 Å². The smallest absolute Gasteiger partial charge is 0.223 e. The molecule has 2 aromatic rings. The van der Waals surface area contributed by atoms with Crippen LogP contribution in [0.2, 0.25) is 0 Å². The molecule has 1 aliphatic carbocycles. The Labute approximate surface area is 106 Å². The van der Waals surface area contributed by atoms with Crippen LogP contribution in [0.25, 0.3) is 10.9 Å². The molecule has 2 atom stereocenters. The van der Waals surface area contributed by atoms with Crippen LogP contribution in [0.15, 0.2) is 30.5 Å². The van der Waals surface area contributed by atoms with Gasteiger partial charge in [-0.2, -0.15) is 0 Å². The van der Waals surface area contributed by atoms with Gasteiger partial charge in [0, 0.05) is 30.1 Å². The number of benzene rings is 1. The molecule has 0 aliphatic heterocycles. The van der Waals surface area contributed by atoms with Crippen molar-refractivity contribution in [1.29, 1.82) is 0 Å². The molecule has 1 aromatic carbocycles. The molecule has 3 rings (SSSR count). The van der Waals surface area contributed by atoms with Crippen molar-refractivity contribution >= 4 is 16.9 Å². The van der Waals surface area contributed by atoms with Crippen LogP contribution in [0, 0.1) is 5.92 Å². The molecule has 1 aromatic heterocycles. The topological polar surface area (TPSA) is 58.0 Å². The van der Waals surface area contributed by atoms with Crippen LogP contribution in [-0.4, -0.2) is 27.7 Å². The Morgan fingerprint density at radius 2 is 2.17 bits per heavy atom. The largest absolute Gasteiger partial charge is 0.396 e. The Morgan fingerprint density at radius 1 is 1.28 bits per heavy atom. The number of hydrogen-bond acceptors (Lipinski definition) is 4. The van der Waals surface area contributed by atoms with Gasteiger partial charge in [-0.05, 0) is 18.9 Å². The minimum atomic E-state index is 0.241. The molecule has 0 amide bonds. The minimum absolute atomic E-state index is 0.241. The molecule has 0 spiro atoms. The van der Waals surface area contributed by atoms with E-state index in [9.17, 15) is 5.11 Å². The first-order chi connectivity index (χ1) is 8.86. The summed E-state index contributed by atoms with van der Waals surface area (Å²) in [7, 11) is 0. The van der Waals surface area contributed by atoms with E-state index in [1.807, 2.05) is 30.5 Å². The van der Waals surface area contributed by atoms with E-state index < -0.39 is 0 Å². The molecule has 1 fully saturated rings. The molecular formula is C14H17N3O. The standard InChI is InChI=1S/C14H17N3O/c18-9-11-5-3-7-13(11)17-14-15-8-10-4-1-2-6-12(10)16-14/h1-2,4,6,8,11,13,18H,3,5,7,9H2,(H,15,16,17). The van der Waals surface area contributed by atoms with Crippen molar-refractivity contribution in [1.82, 2.24) is 9.97 Å². The third kappa shape index (κ3) is 2.16. The van der Waals surface area contributed by atoms with Crippen molar-refractivity contribution in [2.45, 2.75) is 25.3 Å². The predicted molar refractivity (Wildman–Crippen MR) is 71.4 cm³/mol. The second-order valence-electron chi connectivity index (χ2n) is 4.88. The summed E-state index contributed by atoms with van der Waals surface area (Å²) >= 11 is 0. The van der Waals surface area contributed by atoms with Crippen molar-refractivity contribution in [2.75, 3.05) is 11.9 Å². The summed E-state index contributed by atoms with van der Waals surface area (Å²) in [4.78, 5) is 8.84. The van der Waals surface area contributed by atoms with Crippen molar-refractivity contribution < 1.29 is 5.11 Å². The van der Waals surface area contributed by atoms with Crippen LogP contribution in [0.4, 0.5) is 5.95 Å². The van der Waals surface area contributed by atoms with E-state index in [1.54, 1.807) is 0 Å². The van der Waals surface area contributed by atoms with Gasteiger partial charge in [0.1, 0.15) is 0 Å². The maximum atomic E-state index is 9.31. The van der Waals surface area contributed by atoms with Gasteiger partial charge >= 0.3 is 0 Å². The first-order valence-electron chi connectivity index (χ1n) is 6.46. The second-order valence-corrected chi connectivity index (χ2v) is 4.88. The Kier molecular flexibility index (Phi) is 3.11. The number of fused-ring (bicyclic) bond motifs is 1. The summed E-state index contributed by atoms with van der Waals surface area (Å²) in [5.41, 5.74) is 0.952. The average molecular weight is 243 g/mol. The molecular weight excluding hydrogens is 226 g/mol. The van der Waals surface area contributed by atoms with E-state index in [2.05, 4.69) is 15.3 Å². The molecule has 94 valence electrons. The van der Waals surface area contributed by atoms with Crippen molar-refractivity contribution in [3.63, 3.8) is 0 Å². The molecule has 1 aliphatic rings. The fourth-order valence-electron chi connectivity index (χ4n) is 2.65. The Bertz CT molecular complexity index is 543. The summed E-state index contributed by atoms with van der Waals surface area (Å²) in [5.74, 6) is 0.999. The number of nitrogens with one attached hydrogen (secondary N) is 1. The average Bonchev–Trinajstić information content (AvgIpc) is 2.86. The lowest BCUT2D eigenvalue weighted by atomic mass is 10.1. The molecule has 0 saturated heterocycles. The van der Waals surface area contributed by atoms with Gasteiger partial charge in [0.2, 0.25) is 5.95 Å². The Morgan fingerprint density at radius 3 is 3.06 bits per heavy atom. The van der Waals surface area contributed by atoms with Crippen molar-refractivity contribution in [3.8, 4) is 0 Å². The molecule has 4 nitrogen and oxygen atoms in total. The SMILES string of the molecule is OCC1CCCC1Nc1ncc2ccccc2n1. The van der Waals surface area contributed by atoms with Crippen LogP contribution in [0.5, 0.6) is 0 Å². The van der Waals surface area contributed by atoms with E-state index >= 15 is 0 Å². The number of rotatable bonds is 3. The fraction of sp³-hybridized carbons (Fsp3) is 0.429. The van der Waals surface area contributed by atoms with Crippen LogP contribution in [-0.2, 0) is 0 Å². The van der Waals surface area contributed by atoms with Crippen LogP contribution in [0.1, 0.15) is 19.3 Å². The molecule has 1 heterocycles. The van der Waals surface area contributed by atoms with E-state index in [-0.39, 0.29) is 6.61 Å².